The molecular weight excluding hydrogens is 396 g/mol. The van der Waals surface area contributed by atoms with Crippen LogP contribution in [0, 0.1) is 41.5 Å². The van der Waals surface area contributed by atoms with E-state index in [1.54, 1.807) is 0 Å². The van der Waals surface area contributed by atoms with Crippen LogP contribution in [0.3, 0.4) is 0 Å². The average molecular weight is 431 g/mol. The largest absolute Gasteiger partial charge is 0.368 e. The molecule has 1 aliphatic heterocycles. The summed E-state index contributed by atoms with van der Waals surface area (Å²) >= 11 is 0. The van der Waals surface area contributed by atoms with Gasteiger partial charge in [-0.15, -0.1) is 0 Å². The van der Waals surface area contributed by atoms with E-state index < -0.39 is 0 Å². The maximum Gasteiger partial charge on any atom is 0.227 e. The molecule has 5 nitrogen and oxygen atoms in total. The SMILES string of the molecule is Cc1ccc(C)c(N2CCN(C(=O)Cc3c(C)nn(-c4ccc(C)c(C)c4)c3C)CC2)c1. The van der Waals surface area contributed by atoms with Crippen molar-refractivity contribution in [2.75, 3.05) is 31.1 Å². The number of hydrogen-bond donors (Lipinski definition) is 0. The number of aromatic nitrogens is 2. The van der Waals surface area contributed by atoms with Gasteiger partial charge in [-0.1, -0.05) is 18.2 Å². The monoisotopic (exact) mass is 430 g/mol. The van der Waals surface area contributed by atoms with Crippen LogP contribution in [0.15, 0.2) is 36.4 Å². The molecule has 0 spiro atoms. The van der Waals surface area contributed by atoms with Crippen molar-refractivity contribution in [3.05, 3.63) is 75.6 Å². The number of piperazine rings is 1. The highest BCUT2D eigenvalue weighted by molar-refractivity contribution is 5.79. The fourth-order valence-electron chi connectivity index (χ4n) is 4.56. The Morgan fingerprint density at radius 3 is 2.22 bits per heavy atom. The van der Waals surface area contributed by atoms with Crippen LogP contribution >= 0.6 is 0 Å². The molecule has 5 heteroatoms. The van der Waals surface area contributed by atoms with Gasteiger partial charge in [0.25, 0.3) is 0 Å². The Hall–Kier alpha value is -3.08. The molecule has 1 saturated heterocycles. The molecular formula is C27H34N4O. The van der Waals surface area contributed by atoms with Gasteiger partial charge >= 0.3 is 0 Å². The van der Waals surface area contributed by atoms with Gasteiger partial charge in [0.15, 0.2) is 0 Å². The lowest BCUT2D eigenvalue weighted by Crippen LogP contribution is -2.49. The zero-order valence-corrected chi connectivity index (χ0v) is 20.2. The third-order valence-corrected chi connectivity index (χ3v) is 6.84. The van der Waals surface area contributed by atoms with E-state index in [4.69, 9.17) is 5.10 Å². The number of carbonyl (C=O) groups excluding carboxylic acids is 1. The first-order chi connectivity index (χ1) is 15.2. The number of carbonyl (C=O) groups is 1. The summed E-state index contributed by atoms with van der Waals surface area (Å²) in [5.74, 6) is 0.191. The van der Waals surface area contributed by atoms with Gasteiger partial charge in [-0.05, 0) is 82.0 Å². The number of nitrogens with zero attached hydrogens (tertiary/aromatic N) is 4. The van der Waals surface area contributed by atoms with Gasteiger partial charge in [-0.2, -0.15) is 5.10 Å². The molecule has 0 bridgehead atoms. The van der Waals surface area contributed by atoms with Crippen molar-refractivity contribution in [3.8, 4) is 5.69 Å². The van der Waals surface area contributed by atoms with Crippen molar-refractivity contribution >= 4 is 11.6 Å². The molecule has 168 valence electrons. The minimum atomic E-state index is 0.191. The van der Waals surface area contributed by atoms with E-state index >= 15 is 0 Å². The van der Waals surface area contributed by atoms with Crippen LogP contribution in [-0.2, 0) is 11.2 Å². The maximum atomic E-state index is 13.2. The van der Waals surface area contributed by atoms with E-state index in [0.717, 1.165) is 48.8 Å². The summed E-state index contributed by atoms with van der Waals surface area (Å²) in [6.45, 7) is 15.9. The molecule has 4 rings (SSSR count). The Bertz CT molecular complexity index is 1150. The van der Waals surface area contributed by atoms with Gasteiger partial charge in [-0.3, -0.25) is 4.79 Å². The summed E-state index contributed by atoms with van der Waals surface area (Å²) in [5, 5.41) is 4.76. The van der Waals surface area contributed by atoms with Crippen molar-refractivity contribution in [2.24, 2.45) is 0 Å². The first-order valence-electron chi connectivity index (χ1n) is 11.5. The fraction of sp³-hybridized carbons (Fsp3) is 0.407. The van der Waals surface area contributed by atoms with Crippen LogP contribution in [0.4, 0.5) is 5.69 Å². The Morgan fingerprint density at radius 1 is 0.844 bits per heavy atom. The quantitative estimate of drug-likeness (QED) is 0.607. The van der Waals surface area contributed by atoms with Crippen molar-refractivity contribution < 1.29 is 4.79 Å². The molecule has 2 aromatic carbocycles. The molecule has 0 saturated carbocycles. The summed E-state index contributed by atoms with van der Waals surface area (Å²) < 4.78 is 1.98. The molecule has 0 unspecified atom stereocenters. The van der Waals surface area contributed by atoms with Crippen LogP contribution in [0.5, 0.6) is 0 Å². The number of hydrogen-bond acceptors (Lipinski definition) is 3. The van der Waals surface area contributed by atoms with E-state index in [-0.39, 0.29) is 5.91 Å². The highest BCUT2D eigenvalue weighted by Gasteiger charge is 2.24. The van der Waals surface area contributed by atoms with E-state index in [2.05, 4.69) is 75.9 Å². The molecule has 2 heterocycles. The van der Waals surface area contributed by atoms with Crippen LogP contribution in [0.1, 0.15) is 39.2 Å². The molecule has 0 radical (unpaired) electrons. The molecule has 1 aliphatic rings. The van der Waals surface area contributed by atoms with E-state index in [9.17, 15) is 4.79 Å². The van der Waals surface area contributed by atoms with Gasteiger partial charge < -0.3 is 9.80 Å². The van der Waals surface area contributed by atoms with Crippen LogP contribution in [0.25, 0.3) is 5.69 Å². The molecule has 1 fully saturated rings. The summed E-state index contributed by atoms with van der Waals surface area (Å²) in [6.07, 6.45) is 0.409. The first-order valence-corrected chi connectivity index (χ1v) is 11.5. The van der Waals surface area contributed by atoms with E-state index in [0.29, 0.717) is 6.42 Å². The normalized spacial score (nSPS) is 14.2. The standard InChI is InChI=1S/C27H34N4O/c1-18-7-8-20(3)26(15-18)29-11-13-30(14-12-29)27(32)17-25-22(5)28-31(23(25)6)24-10-9-19(2)21(4)16-24/h7-10,15-16H,11-14,17H2,1-6H3. The van der Waals surface area contributed by atoms with Gasteiger partial charge in [0.2, 0.25) is 5.91 Å². The maximum absolute atomic E-state index is 13.2. The van der Waals surface area contributed by atoms with Crippen molar-refractivity contribution in [2.45, 2.75) is 48.0 Å². The lowest BCUT2D eigenvalue weighted by atomic mass is 10.1. The van der Waals surface area contributed by atoms with E-state index in [1.807, 2.05) is 16.5 Å². The third-order valence-electron chi connectivity index (χ3n) is 6.84. The average Bonchev–Trinajstić information content (AvgIpc) is 3.05. The van der Waals surface area contributed by atoms with Gasteiger partial charge in [0.05, 0.1) is 17.8 Å². The number of rotatable bonds is 4. The number of anilines is 1. The highest BCUT2D eigenvalue weighted by Crippen LogP contribution is 2.24. The van der Waals surface area contributed by atoms with Crippen LogP contribution in [0.2, 0.25) is 0 Å². The van der Waals surface area contributed by atoms with Crippen LogP contribution < -0.4 is 4.90 Å². The smallest absolute Gasteiger partial charge is 0.227 e. The van der Waals surface area contributed by atoms with Crippen LogP contribution in [-0.4, -0.2) is 46.8 Å². The fourth-order valence-corrected chi connectivity index (χ4v) is 4.56. The molecule has 1 amide bonds. The third kappa shape index (κ3) is 4.29. The second-order valence-electron chi connectivity index (χ2n) is 9.16. The lowest BCUT2D eigenvalue weighted by Gasteiger charge is -2.37. The molecule has 32 heavy (non-hydrogen) atoms. The van der Waals surface area contributed by atoms with Gasteiger partial charge in [-0.25, -0.2) is 4.68 Å². The van der Waals surface area contributed by atoms with Crippen molar-refractivity contribution in [3.63, 3.8) is 0 Å². The van der Waals surface area contributed by atoms with Crippen molar-refractivity contribution in [1.82, 2.24) is 14.7 Å². The van der Waals surface area contributed by atoms with Gasteiger partial charge in [0, 0.05) is 43.1 Å². The lowest BCUT2D eigenvalue weighted by molar-refractivity contribution is -0.130. The first kappa shape index (κ1) is 22.1. The Labute approximate surface area is 191 Å². The highest BCUT2D eigenvalue weighted by atomic mass is 16.2. The predicted molar refractivity (Wildman–Crippen MR) is 131 cm³/mol. The summed E-state index contributed by atoms with van der Waals surface area (Å²) in [6, 6.07) is 13.0. The second-order valence-corrected chi connectivity index (χ2v) is 9.16. The zero-order chi connectivity index (χ0) is 23.0. The second kappa shape index (κ2) is 8.81. The topological polar surface area (TPSA) is 41.4 Å². The Morgan fingerprint density at radius 2 is 1.53 bits per heavy atom. The minimum Gasteiger partial charge on any atom is -0.368 e. The zero-order valence-electron chi connectivity index (χ0n) is 20.2. The Kier molecular flexibility index (Phi) is 6.09. The minimum absolute atomic E-state index is 0.191. The molecule has 0 N–H and O–H groups in total. The predicted octanol–water partition coefficient (Wildman–Crippen LogP) is 4.61. The summed E-state index contributed by atoms with van der Waals surface area (Å²) in [4.78, 5) is 17.6. The van der Waals surface area contributed by atoms with Crippen molar-refractivity contribution in [1.29, 1.82) is 0 Å². The Balaban J connectivity index is 1.45. The number of aryl methyl sites for hydroxylation is 5. The molecule has 0 atom stereocenters. The van der Waals surface area contributed by atoms with Gasteiger partial charge in [0.1, 0.15) is 0 Å². The summed E-state index contributed by atoms with van der Waals surface area (Å²) in [7, 11) is 0. The molecule has 0 aliphatic carbocycles. The number of benzene rings is 2. The number of amides is 1. The molecule has 3 aromatic rings. The van der Waals surface area contributed by atoms with E-state index in [1.165, 1.54) is 27.9 Å². The summed E-state index contributed by atoms with van der Waals surface area (Å²) in [5.41, 5.74) is 10.4. The molecule has 1 aromatic heterocycles.